The van der Waals surface area contributed by atoms with Gasteiger partial charge in [0.2, 0.25) is 0 Å². The molecule has 0 saturated carbocycles. The van der Waals surface area contributed by atoms with Gasteiger partial charge in [-0.2, -0.15) is 0 Å². The molecule has 1 aromatic heterocycles. The van der Waals surface area contributed by atoms with Gasteiger partial charge in [0.05, 0.1) is 17.2 Å². The molecule has 1 aliphatic rings. The maximum Gasteiger partial charge on any atom is 0.410 e. The minimum atomic E-state index is -0.581. The van der Waals surface area contributed by atoms with Gasteiger partial charge in [-0.1, -0.05) is 13.8 Å². The number of hydrogen-bond acceptors (Lipinski definition) is 5. The monoisotopic (exact) mass is 307 g/mol. The van der Waals surface area contributed by atoms with Crippen LogP contribution in [0.4, 0.5) is 10.5 Å². The molecular formula is C15H21N3O4. The van der Waals surface area contributed by atoms with Gasteiger partial charge in [-0.05, 0) is 20.8 Å². The zero-order chi connectivity index (χ0) is 16.7. The van der Waals surface area contributed by atoms with Crippen molar-refractivity contribution in [3.05, 3.63) is 33.6 Å². The van der Waals surface area contributed by atoms with Gasteiger partial charge >= 0.3 is 6.09 Å². The van der Waals surface area contributed by atoms with Crippen LogP contribution in [0.3, 0.4) is 0 Å². The Labute approximate surface area is 129 Å². The van der Waals surface area contributed by atoms with Crippen molar-refractivity contribution < 1.29 is 14.5 Å². The normalized spacial score (nSPS) is 16.9. The number of rotatable bonds is 1. The van der Waals surface area contributed by atoms with Gasteiger partial charge in [0.1, 0.15) is 11.8 Å². The predicted octanol–water partition coefficient (Wildman–Crippen LogP) is 3.02. The molecular weight excluding hydrogens is 286 g/mol. The van der Waals surface area contributed by atoms with E-state index in [9.17, 15) is 14.9 Å². The van der Waals surface area contributed by atoms with E-state index in [-0.39, 0.29) is 17.6 Å². The highest BCUT2D eigenvalue weighted by Crippen LogP contribution is 2.34. The second-order valence-corrected chi connectivity index (χ2v) is 7.18. The van der Waals surface area contributed by atoms with Gasteiger partial charge in [0, 0.05) is 23.6 Å². The molecule has 1 amide bonds. The van der Waals surface area contributed by atoms with Gasteiger partial charge < -0.3 is 9.64 Å². The Morgan fingerprint density at radius 3 is 2.64 bits per heavy atom. The van der Waals surface area contributed by atoms with Crippen LogP contribution in [0.2, 0.25) is 0 Å². The molecule has 2 rings (SSSR count). The molecule has 22 heavy (non-hydrogen) atoms. The molecule has 7 heteroatoms. The summed E-state index contributed by atoms with van der Waals surface area (Å²) in [4.78, 5) is 28.5. The molecule has 0 fully saturated rings. The minimum absolute atomic E-state index is 0.0689. The fraction of sp³-hybridized carbons (Fsp3) is 0.600. The Balaban J connectivity index is 2.33. The Hall–Kier alpha value is -2.18. The molecule has 0 radical (unpaired) electrons. The van der Waals surface area contributed by atoms with E-state index in [0.717, 1.165) is 5.69 Å². The van der Waals surface area contributed by atoms with Crippen LogP contribution in [0.5, 0.6) is 0 Å². The van der Waals surface area contributed by atoms with Crippen molar-refractivity contribution in [2.75, 3.05) is 6.54 Å². The molecule has 0 atom stereocenters. The highest BCUT2D eigenvalue weighted by atomic mass is 16.6. The van der Waals surface area contributed by atoms with Crippen molar-refractivity contribution in [1.82, 2.24) is 9.88 Å². The number of nitro groups is 1. The molecule has 7 nitrogen and oxygen atoms in total. The standard InChI is InChI=1S/C15H21N3O4/c1-14(2,3)22-13(19)17-8-10-6-11(18(20)21)7-16-12(10)15(4,5)9-17/h6-7H,8-9H2,1-5H3. The molecule has 2 heterocycles. The van der Waals surface area contributed by atoms with Crippen LogP contribution in [0.15, 0.2) is 12.3 Å². The van der Waals surface area contributed by atoms with Crippen LogP contribution in [0.25, 0.3) is 0 Å². The van der Waals surface area contributed by atoms with Crippen molar-refractivity contribution in [2.45, 2.75) is 52.2 Å². The molecule has 1 aromatic rings. The molecule has 0 unspecified atom stereocenters. The first-order valence-electron chi connectivity index (χ1n) is 7.11. The Morgan fingerprint density at radius 2 is 2.09 bits per heavy atom. The Kier molecular flexibility index (Phi) is 3.85. The lowest BCUT2D eigenvalue weighted by atomic mass is 9.82. The van der Waals surface area contributed by atoms with E-state index in [1.54, 1.807) is 25.7 Å². The van der Waals surface area contributed by atoms with Crippen molar-refractivity contribution in [3.8, 4) is 0 Å². The lowest BCUT2D eigenvalue weighted by molar-refractivity contribution is -0.385. The molecule has 120 valence electrons. The molecule has 0 N–H and O–H groups in total. The lowest BCUT2D eigenvalue weighted by Crippen LogP contribution is -2.47. The number of ether oxygens (including phenoxy) is 1. The zero-order valence-electron chi connectivity index (χ0n) is 13.5. The van der Waals surface area contributed by atoms with Crippen molar-refractivity contribution in [3.63, 3.8) is 0 Å². The van der Waals surface area contributed by atoms with Crippen molar-refractivity contribution >= 4 is 11.8 Å². The second kappa shape index (κ2) is 5.23. The summed E-state index contributed by atoms with van der Waals surface area (Å²) in [5.41, 5.74) is 0.442. The molecule has 0 bridgehead atoms. The van der Waals surface area contributed by atoms with E-state index in [1.165, 1.54) is 12.3 Å². The largest absolute Gasteiger partial charge is 0.444 e. The summed E-state index contributed by atoms with van der Waals surface area (Å²) < 4.78 is 5.40. The number of amides is 1. The molecule has 0 aliphatic carbocycles. The SMILES string of the molecule is CC(C)(C)OC(=O)N1Cc2cc([N+](=O)[O-])cnc2C(C)(C)C1. The fourth-order valence-corrected chi connectivity index (χ4v) is 2.60. The van der Waals surface area contributed by atoms with Gasteiger partial charge in [-0.15, -0.1) is 0 Å². The van der Waals surface area contributed by atoms with Crippen LogP contribution in [-0.2, 0) is 16.7 Å². The summed E-state index contributed by atoms with van der Waals surface area (Å²) >= 11 is 0. The predicted molar refractivity (Wildman–Crippen MR) is 80.6 cm³/mol. The third kappa shape index (κ3) is 3.35. The quantitative estimate of drug-likeness (QED) is 0.588. The number of carbonyl (C=O) groups is 1. The number of carbonyl (C=O) groups excluding carboxylic acids is 1. The number of fused-ring (bicyclic) bond motifs is 1. The van der Waals surface area contributed by atoms with Crippen LogP contribution in [0.1, 0.15) is 45.9 Å². The summed E-state index contributed by atoms with van der Waals surface area (Å²) in [6.07, 6.45) is 0.849. The zero-order valence-corrected chi connectivity index (χ0v) is 13.5. The maximum absolute atomic E-state index is 12.3. The summed E-state index contributed by atoms with van der Waals surface area (Å²) in [7, 11) is 0. The highest BCUT2D eigenvalue weighted by Gasteiger charge is 2.37. The number of nitrogens with zero attached hydrogens (tertiary/aromatic N) is 3. The van der Waals surface area contributed by atoms with E-state index in [0.29, 0.717) is 12.1 Å². The number of aromatic nitrogens is 1. The van der Waals surface area contributed by atoms with Crippen LogP contribution in [0, 0.1) is 10.1 Å². The number of hydrogen-bond donors (Lipinski definition) is 0. The van der Waals surface area contributed by atoms with E-state index in [1.807, 2.05) is 13.8 Å². The van der Waals surface area contributed by atoms with Crippen molar-refractivity contribution in [1.29, 1.82) is 0 Å². The van der Waals surface area contributed by atoms with E-state index in [2.05, 4.69) is 4.98 Å². The third-order valence-electron chi connectivity index (χ3n) is 3.40. The van der Waals surface area contributed by atoms with Crippen molar-refractivity contribution in [2.24, 2.45) is 0 Å². The average molecular weight is 307 g/mol. The first-order chi connectivity index (χ1) is 9.99. The van der Waals surface area contributed by atoms with Gasteiger partial charge in [-0.3, -0.25) is 15.1 Å². The summed E-state index contributed by atoms with van der Waals surface area (Å²) in [5, 5.41) is 10.9. The maximum atomic E-state index is 12.3. The third-order valence-corrected chi connectivity index (χ3v) is 3.40. The molecule has 0 saturated heterocycles. The fourth-order valence-electron chi connectivity index (χ4n) is 2.60. The van der Waals surface area contributed by atoms with Gasteiger partial charge in [0.15, 0.2) is 0 Å². The topological polar surface area (TPSA) is 85.6 Å². The lowest BCUT2D eigenvalue weighted by Gasteiger charge is -2.39. The summed E-state index contributed by atoms with van der Waals surface area (Å²) in [6.45, 7) is 10.1. The molecule has 1 aliphatic heterocycles. The smallest absolute Gasteiger partial charge is 0.410 e. The number of pyridine rings is 1. The van der Waals surface area contributed by atoms with Crippen LogP contribution >= 0.6 is 0 Å². The minimum Gasteiger partial charge on any atom is -0.444 e. The van der Waals surface area contributed by atoms with Gasteiger partial charge in [0.25, 0.3) is 5.69 Å². The average Bonchev–Trinajstić information content (AvgIpc) is 2.35. The highest BCUT2D eigenvalue weighted by molar-refractivity contribution is 5.69. The van der Waals surface area contributed by atoms with Crippen LogP contribution in [-0.4, -0.2) is 33.0 Å². The van der Waals surface area contributed by atoms with E-state index in [4.69, 9.17) is 4.74 Å². The second-order valence-electron chi connectivity index (χ2n) is 7.18. The Bertz CT molecular complexity index is 620. The molecule has 0 aromatic carbocycles. The van der Waals surface area contributed by atoms with E-state index >= 15 is 0 Å². The molecule has 0 spiro atoms. The first kappa shape index (κ1) is 16.2. The van der Waals surface area contributed by atoms with E-state index < -0.39 is 16.6 Å². The van der Waals surface area contributed by atoms with Gasteiger partial charge in [-0.25, -0.2) is 4.79 Å². The van der Waals surface area contributed by atoms with Crippen LogP contribution < -0.4 is 0 Å². The Morgan fingerprint density at radius 1 is 1.45 bits per heavy atom. The summed E-state index contributed by atoms with van der Waals surface area (Å²) in [6, 6.07) is 1.49. The summed E-state index contributed by atoms with van der Waals surface area (Å²) in [5.74, 6) is 0. The first-order valence-corrected chi connectivity index (χ1v) is 7.11.